The van der Waals surface area contributed by atoms with Crippen LogP contribution in [0.3, 0.4) is 0 Å². The Morgan fingerprint density at radius 3 is 2.33 bits per heavy atom. The van der Waals surface area contributed by atoms with Gasteiger partial charge in [-0.3, -0.25) is 9.59 Å². The first-order valence-electron chi connectivity index (χ1n) is 9.22. The van der Waals surface area contributed by atoms with Crippen LogP contribution in [0, 0.1) is 11.8 Å². The lowest BCUT2D eigenvalue weighted by Crippen LogP contribution is -2.32. The zero-order chi connectivity index (χ0) is 17.4. The van der Waals surface area contributed by atoms with E-state index < -0.39 is 0 Å². The van der Waals surface area contributed by atoms with Crippen LogP contribution in [0.4, 0.5) is 0 Å². The van der Waals surface area contributed by atoms with E-state index in [0.717, 1.165) is 24.3 Å². The normalized spacial score (nSPS) is 20.4. The highest BCUT2D eigenvalue weighted by Gasteiger charge is 2.25. The van der Waals surface area contributed by atoms with Crippen LogP contribution < -0.4 is 10.6 Å². The molecule has 4 heteroatoms. The number of carbonyl (C=O) groups excluding carboxylic acids is 2. The van der Waals surface area contributed by atoms with E-state index in [4.69, 9.17) is 0 Å². The van der Waals surface area contributed by atoms with Gasteiger partial charge < -0.3 is 10.6 Å². The quantitative estimate of drug-likeness (QED) is 0.801. The molecule has 4 nitrogen and oxygen atoms in total. The Balaban J connectivity index is 1.74. The summed E-state index contributed by atoms with van der Waals surface area (Å²) in [4.78, 5) is 23.8. The van der Waals surface area contributed by atoms with Gasteiger partial charge in [0, 0.05) is 25.1 Å². The molecule has 2 amide bonds. The monoisotopic (exact) mass is 330 g/mol. The van der Waals surface area contributed by atoms with E-state index in [1.54, 1.807) is 19.2 Å². The number of benzene rings is 1. The fourth-order valence-corrected chi connectivity index (χ4v) is 3.46. The van der Waals surface area contributed by atoms with Crippen molar-refractivity contribution in [3.8, 4) is 0 Å². The second-order valence-electron chi connectivity index (χ2n) is 6.85. The number of hydrogen-bond donors (Lipinski definition) is 2. The van der Waals surface area contributed by atoms with Gasteiger partial charge in [-0.25, -0.2) is 0 Å². The Bertz CT molecular complexity index is 531. The molecule has 1 aliphatic rings. The van der Waals surface area contributed by atoms with Crippen LogP contribution in [0.25, 0.3) is 0 Å². The van der Waals surface area contributed by atoms with E-state index in [9.17, 15) is 9.59 Å². The van der Waals surface area contributed by atoms with E-state index in [1.165, 1.54) is 32.1 Å². The minimum Gasteiger partial charge on any atom is -0.355 e. The summed E-state index contributed by atoms with van der Waals surface area (Å²) < 4.78 is 0. The van der Waals surface area contributed by atoms with Crippen LogP contribution >= 0.6 is 0 Å². The van der Waals surface area contributed by atoms with Gasteiger partial charge in [-0.2, -0.15) is 0 Å². The van der Waals surface area contributed by atoms with Gasteiger partial charge >= 0.3 is 0 Å². The third-order valence-electron chi connectivity index (χ3n) is 5.09. The maximum absolute atomic E-state index is 12.3. The predicted octanol–water partition coefficient (Wildman–Crippen LogP) is 3.66. The summed E-state index contributed by atoms with van der Waals surface area (Å²) in [5, 5.41) is 5.65. The van der Waals surface area contributed by atoms with Gasteiger partial charge in [-0.1, -0.05) is 38.3 Å². The summed E-state index contributed by atoms with van der Waals surface area (Å²) in [5.41, 5.74) is 1.66. The molecule has 0 atom stereocenters. The maximum Gasteiger partial charge on any atom is 0.251 e. The van der Waals surface area contributed by atoms with Crippen molar-refractivity contribution in [2.45, 2.75) is 58.4 Å². The number of nitrogens with one attached hydrogen (secondary N) is 2. The third-order valence-corrected chi connectivity index (χ3v) is 5.09. The molecule has 0 saturated heterocycles. The Morgan fingerprint density at radius 2 is 1.75 bits per heavy atom. The molecule has 1 fully saturated rings. The second kappa shape index (κ2) is 9.45. The zero-order valence-corrected chi connectivity index (χ0v) is 14.9. The number of amides is 2. The van der Waals surface area contributed by atoms with Crippen molar-refractivity contribution in [1.82, 2.24) is 10.6 Å². The fraction of sp³-hybridized carbons (Fsp3) is 0.600. The average molecular weight is 330 g/mol. The van der Waals surface area contributed by atoms with Crippen LogP contribution in [0.1, 0.15) is 67.8 Å². The Hall–Kier alpha value is -1.84. The smallest absolute Gasteiger partial charge is 0.251 e. The van der Waals surface area contributed by atoms with Crippen LogP contribution in [0.15, 0.2) is 24.3 Å². The Kier molecular flexibility index (Phi) is 7.29. The summed E-state index contributed by atoms with van der Waals surface area (Å²) >= 11 is 0. The molecule has 2 N–H and O–H groups in total. The highest BCUT2D eigenvalue weighted by Crippen LogP contribution is 2.31. The highest BCUT2D eigenvalue weighted by molar-refractivity contribution is 5.93. The molecule has 2 rings (SSSR count). The lowest BCUT2D eigenvalue weighted by atomic mass is 9.79. The molecule has 24 heavy (non-hydrogen) atoms. The molecular formula is C20H30N2O2. The highest BCUT2D eigenvalue weighted by atomic mass is 16.2. The van der Waals surface area contributed by atoms with E-state index in [-0.39, 0.29) is 17.7 Å². The number of carbonyl (C=O) groups is 2. The molecule has 0 bridgehead atoms. The van der Waals surface area contributed by atoms with Crippen molar-refractivity contribution in [2.75, 3.05) is 7.05 Å². The molecule has 0 aromatic heterocycles. The largest absolute Gasteiger partial charge is 0.355 e. The lowest BCUT2D eigenvalue weighted by molar-refractivity contribution is -0.126. The topological polar surface area (TPSA) is 58.2 Å². The van der Waals surface area contributed by atoms with Gasteiger partial charge in [0.2, 0.25) is 5.91 Å². The lowest BCUT2D eigenvalue weighted by Gasteiger charge is -2.27. The van der Waals surface area contributed by atoms with Crippen molar-refractivity contribution in [2.24, 2.45) is 11.8 Å². The first-order valence-corrected chi connectivity index (χ1v) is 9.22. The molecular weight excluding hydrogens is 300 g/mol. The third kappa shape index (κ3) is 5.36. The first kappa shape index (κ1) is 18.5. The molecule has 1 aromatic rings. The van der Waals surface area contributed by atoms with Crippen LogP contribution in [-0.4, -0.2) is 18.9 Å². The van der Waals surface area contributed by atoms with E-state index in [0.29, 0.717) is 12.1 Å². The minimum absolute atomic E-state index is 0.0922. The maximum atomic E-state index is 12.3. The Morgan fingerprint density at radius 1 is 1.08 bits per heavy atom. The van der Waals surface area contributed by atoms with Crippen molar-refractivity contribution in [1.29, 1.82) is 0 Å². The van der Waals surface area contributed by atoms with Crippen LogP contribution in [0.5, 0.6) is 0 Å². The van der Waals surface area contributed by atoms with Crippen molar-refractivity contribution in [3.63, 3.8) is 0 Å². The average Bonchev–Trinajstić information content (AvgIpc) is 2.64. The van der Waals surface area contributed by atoms with Crippen molar-refractivity contribution in [3.05, 3.63) is 35.4 Å². The predicted molar refractivity (Wildman–Crippen MR) is 96.7 cm³/mol. The summed E-state index contributed by atoms with van der Waals surface area (Å²) in [7, 11) is 1.62. The second-order valence-corrected chi connectivity index (χ2v) is 6.85. The van der Waals surface area contributed by atoms with E-state index in [1.807, 2.05) is 12.1 Å². The molecule has 0 radical (unpaired) electrons. The van der Waals surface area contributed by atoms with Crippen molar-refractivity contribution < 1.29 is 9.59 Å². The fourth-order valence-electron chi connectivity index (χ4n) is 3.46. The summed E-state index contributed by atoms with van der Waals surface area (Å²) in [6.07, 6.45) is 8.33. The van der Waals surface area contributed by atoms with E-state index in [2.05, 4.69) is 17.6 Å². The van der Waals surface area contributed by atoms with Gasteiger partial charge in [0.25, 0.3) is 5.91 Å². The molecule has 1 saturated carbocycles. The Labute approximate surface area is 145 Å². The zero-order valence-electron chi connectivity index (χ0n) is 14.9. The molecule has 0 heterocycles. The standard InChI is InChI=1S/C20H30N2O2/c1-3-4-5-15-6-10-18(11-7-15)20(24)22-14-16-8-12-17(13-9-16)19(23)21-2/h8-9,12-13,15,18H,3-7,10-11,14H2,1-2H3,(H,21,23)(H,22,24). The number of unbranched alkanes of at least 4 members (excludes halogenated alkanes) is 1. The molecule has 1 aromatic carbocycles. The van der Waals surface area contributed by atoms with Gasteiger partial charge in [0.15, 0.2) is 0 Å². The van der Waals surface area contributed by atoms with Crippen molar-refractivity contribution >= 4 is 11.8 Å². The SMILES string of the molecule is CCCCC1CCC(C(=O)NCc2ccc(C(=O)NC)cc2)CC1. The molecule has 0 spiro atoms. The molecule has 0 aliphatic heterocycles. The molecule has 1 aliphatic carbocycles. The van der Waals surface area contributed by atoms with Gasteiger partial charge in [-0.15, -0.1) is 0 Å². The van der Waals surface area contributed by atoms with Crippen LogP contribution in [-0.2, 0) is 11.3 Å². The van der Waals surface area contributed by atoms with Gasteiger partial charge in [0.1, 0.15) is 0 Å². The van der Waals surface area contributed by atoms with Gasteiger partial charge in [0.05, 0.1) is 0 Å². The first-order chi connectivity index (χ1) is 11.6. The number of hydrogen-bond acceptors (Lipinski definition) is 2. The minimum atomic E-state index is -0.0922. The summed E-state index contributed by atoms with van der Waals surface area (Å²) in [6, 6.07) is 7.37. The molecule has 0 unspecified atom stereocenters. The number of rotatable bonds is 7. The molecule has 132 valence electrons. The van der Waals surface area contributed by atoms with Gasteiger partial charge in [-0.05, 0) is 49.3 Å². The van der Waals surface area contributed by atoms with E-state index >= 15 is 0 Å². The van der Waals surface area contributed by atoms with Crippen LogP contribution in [0.2, 0.25) is 0 Å². The summed E-state index contributed by atoms with van der Waals surface area (Å²) in [6.45, 7) is 2.77. The summed E-state index contributed by atoms with van der Waals surface area (Å²) in [5.74, 6) is 1.09.